The number of rotatable bonds is 8. The van der Waals surface area contributed by atoms with Crippen LogP contribution in [0.4, 0.5) is 11.5 Å². The van der Waals surface area contributed by atoms with Crippen molar-refractivity contribution in [3.63, 3.8) is 0 Å². The topological polar surface area (TPSA) is 91.8 Å². The second-order valence-corrected chi connectivity index (χ2v) is 4.73. The van der Waals surface area contributed by atoms with Crippen molar-refractivity contribution in [1.82, 2.24) is 4.98 Å². The van der Waals surface area contributed by atoms with Gasteiger partial charge in [-0.15, -0.1) is 0 Å². The highest BCUT2D eigenvalue weighted by Gasteiger charge is 2.19. The number of pyridine rings is 1. The minimum atomic E-state index is -0.501. The van der Waals surface area contributed by atoms with Crippen molar-refractivity contribution in [2.24, 2.45) is 0 Å². The van der Waals surface area contributed by atoms with Gasteiger partial charge >= 0.3 is 5.69 Å². The number of nitro groups is 1. The molecule has 1 atom stereocenters. The Balaban J connectivity index is 2.93. The van der Waals surface area contributed by atoms with Crippen molar-refractivity contribution in [2.45, 2.75) is 52.0 Å². The average molecular weight is 276 g/mol. The second-order valence-electron chi connectivity index (χ2n) is 4.73. The third-order valence-electron chi connectivity index (χ3n) is 3.08. The summed E-state index contributed by atoms with van der Waals surface area (Å²) in [6.45, 7) is 4.20. The lowest BCUT2D eigenvalue weighted by Gasteiger charge is -2.18. The zero-order valence-electron chi connectivity index (χ0n) is 11.9. The lowest BCUT2D eigenvalue weighted by atomic mass is 10.1. The molecule has 0 fully saturated rings. The number of anilines is 1. The summed E-state index contributed by atoms with van der Waals surface area (Å²) in [5.74, 6) is 0.253. The summed E-state index contributed by atoms with van der Waals surface area (Å²) in [5.41, 5.74) is 0.0597. The minimum Gasteiger partial charge on any atom is -0.362 e. The Hall–Kier alpha value is -2.16. The van der Waals surface area contributed by atoms with Crippen LogP contribution in [0.3, 0.4) is 0 Å². The Bertz CT molecular complexity index is 496. The van der Waals surface area contributed by atoms with E-state index in [9.17, 15) is 10.1 Å². The first-order valence-electron chi connectivity index (χ1n) is 6.93. The number of nitriles is 1. The zero-order valence-corrected chi connectivity index (χ0v) is 11.9. The van der Waals surface area contributed by atoms with E-state index in [4.69, 9.17) is 5.26 Å². The van der Waals surface area contributed by atoms with Crippen molar-refractivity contribution in [3.05, 3.63) is 27.9 Å². The van der Waals surface area contributed by atoms with Gasteiger partial charge in [-0.1, -0.05) is 33.1 Å². The Morgan fingerprint density at radius 2 is 2.20 bits per heavy atom. The van der Waals surface area contributed by atoms with E-state index in [1.807, 2.05) is 6.07 Å². The van der Waals surface area contributed by atoms with Gasteiger partial charge in [0.05, 0.1) is 10.5 Å². The largest absolute Gasteiger partial charge is 0.362 e. The first-order chi connectivity index (χ1) is 9.62. The molecule has 0 saturated heterocycles. The summed E-state index contributed by atoms with van der Waals surface area (Å²) in [6, 6.07) is 3.31. The molecule has 0 bridgehead atoms. The van der Waals surface area contributed by atoms with E-state index in [1.165, 1.54) is 12.3 Å². The highest BCUT2D eigenvalue weighted by Crippen LogP contribution is 2.24. The van der Waals surface area contributed by atoms with Crippen LogP contribution >= 0.6 is 0 Å². The van der Waals surface area contributed by atoms with E-state index in [0.29, 0.717) is 0 Å². The van der Waals surface area contributed by atoms with Gasteiger partial charge in [-0.2, -0.15) is 5.26 Å². The molecule has 0 aromatic carbocycles. The normalized spacial score (nSPS) is 11.7. The molecule has 1 aromatic rings. The quantitative estimate of drug-likeness (QED) is 0.578. The number of hydrogen-bond donors (Lipinski definition) is 1. The monoisotopic (exact) mass is 276 g/mol. The van der Waals surface area contributed by atoms with Crippen LogP contribution in [0, 0.1) is 21.4 Å². The molecule has 108 valence electrons. The van der Waals surface area contributed by atoms with Crippen LogP contribution in [-0.2, 0) is 0 Å². The van der Waals surface area contributed by atoms with Gasteiger partial charge in [-0.25, -0.2) is 4.98 Å². The smallest absolute Gasteiger partial charge is 0.312 e. The molecule has 1 aromatic heterocycles. The van der Waals surface area contributed by atoms with Crippen LogP contribution in [0.1, 0.15) is 51.5 Å². The maximum atomic E-state index is 11.1. The standard InChI is InChI=1S/C14H20N4O2/c1-3-5-7-12(6-4-2)17-14-13(18(19)20)8-11(9-15)10-16-14/h8,10,12H,3-7H2,1-2H3,(H,16,17). The maximum absolute atomic E-state index is 11.1. The summed E-state index contributed by atoms with van der Waals surface area (Å²) in [6.07, 6.45) is 6.43. The van der Waals surface area contributed by atoms with Crippen LogP contribution in [-0.4, -0.2) is 15.9 Å². The number of nitrogens with one attached hydrogen (secondary N) is 1. The zero-order chi connectivity index (χ0) is 15.0. The minimum absolute atomic E-state index is 0.137. The fourth-order valence-electron chi connectivity index (χ4n) is 2.05. The third-order valence-corrected chi connectivity index (χ3v) is 3.08. The van der Waals surface area contributed by atoms with Crippen LogP contribution in [0.15, 0.2) is 12.3 Å². The van der Waals surface area contributed by atoms with E-state index in [0.717, 1.165) is 32.1 Å². The Morgan fingerprint density at radius 1 is 1.45 bits per heavy atom. The SMILES string of the molecule is CCCCC(CCC)Nc1ncc(C#N)cc1[N+](=O)[O-]. The van der Waals surface area contributed by atoms with Crippen molar-refractivity contribution < 1.29 is 4.92 Å². The van der Waals surface area contributed by atoms with Crippen LogP contribution in [0.5, 0.6) is 0 Å². The molecular formula is C14H20N4O2. The molecule has 0 aliphatic heterocycles. The molecule has 0 aliphatic rings. The fourth-order valence-corrected chi connectivity index (χ4v) is 2.05. The molecule has 1 heterocycles. The molecule has 0 radical (unpaired) electrons. The van der Waals surface area contributed by atoms with Crippen LogP contribution in [0.2, 0.25) is 0 Å². The number of nitrogens with zero attached hydrogens (tertiary/aromatic N) is 3. The average Bonchev–Trinajstić information content (AvgIpc) is 2.45. The van der Waals surface area contributed by atoms with Gasteiger partial charge in [0, 0.05) is 18.3 Å². The van der Waals surface area contributed by atoms with Crippen LogP contribution in [0.25, 0.3) is 0 Å². The molecule has 1 rings (SSSR count). The van der Waals surface area contributed by atoms with E-state index in [-0.39, 0.29) is 23.1 Å². The highest BCUT2D eigenvalue weighted by atomic mass is 16.6. The maximum Gasteiger partial charge on any atom is 0.312 e. The lowest BCUT2D eigenvalue weighted by molar-refractivity contribution is -0.384. The van der Waals surface area contributed by atoms with Crippen molar-refractivity contribution in [1.29, 1.82) is 5.26 Å². The number of unbranched alkanes of at least 4 members (excludes halogenated alkanes) is 1. The first-order valence-corrected chi connectivity index (χ1v) is 6.93. The molecular weight excluding hydrogens is 256 g/mol. The number of hydrogen-bond acceptors (Lipinski definition) is 5. The Kier molecular flexibility index (Phi) is 6.44. The lowest BCUT2D eigenvalue weighted by Crippen LogP contribution is -2.20. The van der Waals surface area contributed by atoms with Gasteiger partial charge in [0.25, 0.3) is 0 Å². The van der Waals surface area contributed by atoms with E-state index < -0.39 is 4.92 Å². The molecule has 6 nitrogen and oxygen atoms in total. The highest BCUT2D eigenvalue weighted by molar-refractivity contribution is 5.58. The molecule has 0 saturated carbocycles. The van der Waals surface area contributed by atoms with Gasteiger partial charge in [-0.05, 0) is 12.8 Å². The van der Waals surface area contributed by atoms with Crippen molar-refractivity contribution in [3.8, 4) is 6.07 Å². The summed E-state index contributed by atoms with van der Waals surface area (Å²) in [7, 11) is 0. The first kappa shape index (κ1) is 15.9. The van der Waals surface area contributed by atoms with E-state index in [1.54, 1.807) is 0 Å². The summed E-state index contributed by atoms with van der Waals surface area (Å²) < 4.78 is 0. The Labute approximate surface area is 119 Å². The Morgan fingerprint density at radius 3 is 2.75 bits per heavy atom. The molecule has 6 heteroatoms. The molecule has 20 heavy (non-hydrogen) atoms. The fraction of sp³-hybridized carbons (Fsp3) is 0.571. The third kappa shape index (κ3) is 4.50. The van der Waals surface area contributed by atoms with Gasteiger partial charge in [0.2, 0.25) is 5.82 Å². The van der Waals surface area contributed by atoms with Gasteiger partial charge in [0.15, 0.2) is 0 Å². The second kappa shape index (κ2) is 8.10. The van der Waals surface area contributed by atoms with E-state index in [2.05, 4.69) is 24.1 Å². The van der Waals surface area contributed by atoms with Crippen molar-refractivity contribution in [2.75, 3.05) is 5.32 Å². The summed E-state index contributed by atoms with van der Waals surface area (Å²) in [5, 5.41) is 23.0. The van der Waals surface area contributed by atoms with Gasteiger partial charge in [0.1, 0.15) is 6.07 Å². The molecule has 0 amide bonds. The summed E-state index contributed by atoms with van der Waals surface area (Å²) in [4.78, 5) is 14.6. The van der Waals surface area contributed by atoms with Gasteiger partial charge < -0.3 is 5.32 Å². The van der Waals surface area contributed by atoms with E-state index >= 15 is 0 Å². The van der Waals surface area contributed by atoms with Crippen molar-refractivity contribution >= 4 is 11.5 Å². The van der Waals surface area contributed by atoms with Crippen LogP contribution < -0.4 is 5.32 Å². The molecule has 1 N–H and O–H groups in total. The predicted octanol–water partition coefficient (Wildman–Crippen LogP) is 3.63. The number of aromatic nitrogens is 1. The predicted molar refractivity (Wildman–Crippen MR) is 77.5 cm³/mol. The van der Waals surface area contributed by atoms with Gasteiger partial charge in [-0.3, -0.25) is 10.1 Å². The molecule has 1 unspecified atom stereocenters. The molecule has 0 aliphatic carbocycles. The summed E-state index contributed by atoms with van der Waals surface area (Å²) >= 11 is 0. The molecule has 0 spiro atoms.